The van der Waals surface area contributed by atoms with Gasteiger partial charge in [0.05, 0.1) is 10.9 Å². The molecule has 0 saturated heterocycles. The van der Waals surface area contributed by atoms with Gasteiger partial charge in [0.2, 0.25) is 0 Å². The van der Waals surface area contributed by atoms with Crippen LogP contribution in [0.2, 0.25) is 0 Å². The zero-order valence-corrected chi connectivity index (χ0v) is 14.7. The Hall–Kier alpha value is -3.58. The number of ether oxygens (including phenoxy) is 1. The third kappa shape index (κ3) is 3.40. The molecule has 134 valence electrons. The highest BCUT2D eigenvalue weighted by Gasteiger charge is 2.19. The number of aromatic nitrogens is 1. The van der Waals surface area contributed by atoms with Crippen LogP contribution in [0.3, 0.4) is 0 Å². The summed E-state index contributed by atoms with van der Waals surface area (Å²) in [6, 6.07) is 16.0. The number of hydrogen-bond donors (Lipinski definition) is 3. The van der Waals surface area contributed by atoms with E-state index in [0.717, 1.165) is 0 Å². The third-order valence-electron chi connectivity index (χ3n) is 3.95. The normalized spacial score (nSPS) is 10.7. The standard InChI is InChI=1S/C20H14N2O4S/c23-18-15-10-27-11-16(15)22-20(25)17(18)19(24)21-12-6-8-14(9-7-12)26-13-4-2-1-3-5-13/h1-11,23H,(H,21,24)(H,22,25). The summed E-state index contributed by atoms with van der Waals surface area (Å²) in [6.07, 6.45) is 0. The number of carbonyl (C=O) groups is 1. The van der Waals surface area contributed by atoms with Crippen LogP contribution in [0.5, 0.6) is 17.2 Å². The molecule has 0 radical (unpaired) electrons. The second-order valence-corrected chi connectivity index (χ2v) is 6.51. The zero-order chi connectivity index (χ0) is 18.8. The fraction of sp³-hybridized carbons (Fsp3) is 0. The van der Waals surface area contributed by atoms with Crippen molar-refractivity contribution in [1.82, 2.24) is 4.98 Å². The minimum atomic E-state index is -0.682. The Morgan fingerprint density at radius 1 is 1.00 bits per heavy atom. The van der Waals surface area contributed by atoms with Gasteiger partial charge in [-0.2, -0.15) is 0 Å². The fourth-order valence-electron chi connectivity index (χ4n) is 2.64. The summed E-state index contributed by atoms with van der Waals surface area (Å²) >= 11 is 1.33. The summed E-state index contributed by atoms with van der Waals surface area (Å²) in [6.45, 7) is 0. The van der Waals surface area contributed by atoms with Gasteiger partial charge in [0.1, 0.15) is 22.8 Å². The van der Waals surface area contributed by atoms with Gasteiger partial charge in [-0.1, -0.05) is 18.2 Å². The van der Waals surface area contributed by atoms with Gasteiger partial charge >= 0.3 is 0 Å². The zero-order valence-electron chi connectivity index (χ0n) is 13.9. The molecule has 0 atom stereocenters. The maximum Gasteiger partial charge on any atom is 0.265 e. The molecule has 4 aromatic rings. The van der Waals surface area contributed by atoms with Gasteiger partial charge in [-0.15, -0.1) is 11.3 Å². The van der Waals surface area contributed by atoms with Crippen molar-refractivity contribution in [2.45, 2.75) is 0 Å². The summed E-state index contributed by atoms with van der Waals surface area (Å²) in [4.78, 5) is 27.2. The van der Waals surface area contributed by atoms with Crippen LogP contribution in [0.1, 0.15) is 10.4 Å². The molecule has 2 heterocycles. The molecule has 0 aliphatic heterocycles. The quantitative estimate of drug-likeness (QED) is 0.493. The molecule has 6 nitrogen and oxygen atoms in total. The number of pyridine rings is 1. The molecule has 2 aromatic heterocycles. The lowest BCUT2D eigenvalue weighted by atomic mass is 10.1. The van der Waals surface area contributed by atoms with Crippen LogP contribution < -0.4 is 15.6 Å². The van der Waals surface area contributed by atoms with E-state index in [0.29, 0.717) is 28.1 Å². The third-order valence-corrected chi connectivity index (χ3v) is 4.69. The first-order chi connectivity index (χ1) is 13.1. The molecule has 0 fully saturated rings. The molecule has 1 amide bonds. The first-order valence-electron chi connectivity index (χ1n) is 8.07. The maximum absolute atomic E-state index is 12.5. The molecule has 3 N–H and O–H groups in total. The van der Waals surface area contributed by atoms with Crippen molar-refractivity contribution in [3.05, 3.63) is 81.3 Å². The van der Waals surface area contributed by atoms with Crippen molar-refractivity contribution >= 4 is 33.8 Å². The van der Waals surface area contributed by atoms with Gasteiger partial charge in [-0.05, 0) is 36.4 Å². The van der Waals surface area contributed by atoms with E-state index in [1.807, 2.05) is 30.3 Å². The van der Waals surface area contributed by atoms with E-state index in [2.05, 4.69) is 10.3 Å². The number of carbonyl (C=O) groups excluding carboxylic acids is 1. The van der Waals surface area contributed by atoms with Gasteiger partial charge in [0, 0.05) is 16.4 Å². The number of H-pyrrole nitrogens is 1. The van der Waals surface area contributed by atoms with Crippen molar-refractivity contribution in [2.24, 2.45) is 0 Å². The lowest BCUT2D eigenvalue weighted by Gasteiger charge is -2.09. The Kier molecular flexibility index (Phi) is 4.35. The smallest absolute Gasteiger partial charge is 0.265 e. The maximum atomic E-state index is 12.5. The van der Waals surface area contributed by atoms with E-state index in [1.54, 1.807) is 35.0 Å². The molecular formula is C20H14N2O4S. The number of nitrogens with one attached hydrogen (secondary N) is 2. The van der Waals surface area contributed by atoms with E-state index in [-0.39, 0.29) is 11.3 Å². The summed E-state index contributed by atoms with van der Waals surface area (Å²) in [7, 11) is 0. The van der Waals surface area contributed by atoms with Crippen molar-refractivity contribution in [3.63, 3.8) is 0 Å². The van der Waals surface area contributed by atoms with Gasteiger partial charge in [-0.25, -0.2) is 0 Å². The van der Waals surface area contributed by atoms with Crippen LogP contribution in [0.15, 0.2) is 70.2 Å². The Labute approximate surface area is 157 Å². The summed E-state index contributed by atoms with van der Waals surface area (Å²) < 4.78 is 5.69. The van der Waals surface area contributed by atoms with Gasteiger partial charge < -0.3 is 20.1 Å². The number of fused-ring (bicyclic) bond motifs is 1. The van der Waals surface area contributed by atoms with Crippen molar-refractivity contribution in [2.75, 3.05) is 5.32 Å². The SMILES string of the molecule is O=C(Nc1ccc(Oc2ccccc2)cc1)c1c(O)c2cscc2[nH]c1=O. The summed E-state index contributed by atoms with van der Waals surface area (Å²) in [5.41, 5.74) is 0.0246. The molecule has 27 heavy (non-hydrogen) atoms. The second-order valence-electron chi connectivity index (χ2n) is 5.77. The highest BCUT2D eigenvalue weighted by atomic mass is 32.1. The summed E-state index contributed by atoms with van der Waals surface area (Å²) in [5, 5.41) is 16.7. The van der Waals surface area contributed by atoms with Gasteiger partial charge in [-0.3, -0.25) is 9.59 Å². The Bertz CT molecular complexity index is 1160. The number of amides is 1. The first kappa shape index (κ1) is 16.9. The number of benzene rings is 2. The lowest BCUT2D eigenvalue weighted by Crippen LogP contribution is -2.23. The van der Waals surface area contributed by atoms with Gasteiger partial charge in [0.25, 0.3) is 11.5 Å². The molecule has 4 rings (SSSR count). The Morgan fingerprint density at radius 3 is 2.44 bits per heavy atom. The van der Waals surface area contributed by atoms with E-state index in [4.69, 9.17) is 4.74 Å². The highest BCUT2D eigenvalue weighted by molar-refractivity contribution is 7.09. The second kappa shape index (κ2) is 6.97. The van der Waals surface area contributed by atoms with Crippen LogP contribution in [0, 0.1) is 0 Å². The number of para-hydroxylation sites is 1. The molecule has 0 unspecified atom stereocenters. The predicted molar refractivity (Wildman–Crippen MR) is 105 cm³/mol. The number of aromatic hydroxyl groups is 1. The molecule has 2 aromatic carbocycles. The largest absolute Gasteiger partial charge is 0.506 e. The lowest BCUT2D eigenvalue weighted by molar-refractivity contribution is 0.102. The minimum absolute atomic E-state index is 0.314. The minimum Gasteiger partial charge on any atom is -0.506 e. The van der Waals surface area contributed by atoms with Crippen LogP contribution in [0.25, 0.3) is 10.9 Å². The number of thiophene rings is 1. The van der Waals surface area contributed by atoms with Crippen LogP contribution in [-0.4, -0.2) is 16.0 Å². The van der Waals surface area contributed by atoms with Crippen molar-refractivity contribution in [3.8, 4) is 17.2 Å². The first-order valence-corrected chi connectivity index (χ1v) is 9.01. The molecule has 0 aliphatic rings. The van der Waals surface area contributed by atoms with E-state index in [9.17, 15) is 14.7 Å². The molecule has 0 bridgehead atoms. The average Bonchev–Trinajstić information content (AvgIpc) is 3.13. The predicted octanol–water partition coefficient (Wildman–Crippen LogP) is 4.34. The Morgan fingerprint density at radius 2 is 1.70 bits per heavy atom. The van der Waals surface area contributed by atoms with E-state index < -0.39 is 11.5 Å². The monoisotopic (exact) mass is 378 g/mol. The van der Waals surface area contributed by atoms with E-state index in [1.165, 1.54) is 11.3 Å². The van der Waals surface area contributed by atoms with Crippen LogP contribution in [0.4, 0.5) is 5.69 Å². The average molecular weight is 378 g/mol. The molecular weight excluding hydrogens is 364 g/mol. The van der Waals surface area contributed by atoms with Crippen molar-refractivity contribution in [1.29, 1.82) is 0 Å². The van der Waals surface area contributed by atoms with Crippen molar-refractivity contribution < 1.29 is 14.6 Å². The molecule has 0 spiro atoms. The fourth-order valence-corrected chi connectivity index (χ4v) is 3.40. The molecule has 0 aliphatic carbocycles. The summed E-state index contributed by atoms with van der Waals surface area (Å²) in [5.74, 6) is 0.310. The number of anilines is 1. The van der Waals surface area contributed by atoms with Crippen LogP contribution in [-0.2, 0) is 0 Å². The Balaban J connectivity index is 1.54. The topological polar surface area (TPSA) is 91.4 Å². The van der Waals surface area contributed by atoms with Gasteiger partial charge in [0.15, 0.2) is 0 Å². The molecule has 0 saturated carbocycles. The molecule has 7 heteroatoms. The highest BCUT2D eigenvalue weighted by Crippen LogP contribution is 2.28. The van der Waals surface area contributed by atoms with Crippen LogP contribution >= 0.6 is 11.3 Å². The number of rotatable bonds is 4. The number of hydrogen-bond acceptors (Lipinski definition) is 5. The van der Waals surface area contributed by atoms with E-state index >= 15 is 0 Å². The number of aromatic amines is 1.